The summed E-state index contributed by atoms with van der Waals surface area (Å²) in [5.74, 6) is 0. The van der Waals surface area contributed by atoms with Gasteiger partial charge < -0.3 is 14.7 Å². The van der Waals surface area contributed by atoms with Gasteiger partial charge >= 0.3 is 0 Å². The number of aliphatic hydroxyl groups excluding tert-OH is 1. The Morgan fingerprint density at radius 2 is 2.26 bits per heavy atom. The largest absolute Gasteiger partial charge is 0.395 e. The normalized spacial score (nSPS) is 9.95. The SMILES string of the molecule is COCCN(CCO)c1ccc(C#N)c([N+](=O)[O-])c1. The number of aliphatic hydroxyl groups is 1. The van der Waals surface area contributed by atoms with Crippen molar-refractivity contribution in [3.05, 3.63) is 33.9 Å². The third-order valence-corrected chi connectivity index (χ3v) is 2.60. The number of nitrogens with zero attached hydrogens (tertiary/aromatic N) is 3. The van der Waals surface area contributed by atoms with Crippen LogP contribution in [0, 0.1) is 21.4 Å². The highest BCUT2D eigenvalue weighted by Crippen LogP contribution is 2.25. The summed E-state index contributed by atoms with van der Waals surface area (Å²) < 4.78 is 4.95. The molecule has 102 valence electrons. The predicted molar refractivity (Wildman–Crippen MR) is 69.0 cm³/mol. The Labute approximate surface area is 110 Å². The number of ether oxygens (including phenoxy) is 1. The van der Waals surface area contributed by atoms with Crippen LogP contribution in [0.1, 0.15) is 5.56 Å². The van der Waals surface area contributed by atoms with Gasteiger partial charge in [-0.1, -0.05) is 0 Å². The lowest BCUT2D eigenvalue weighted by Crippen LogP contribution is -2.30. The first-order chi connectivity index (χ1) is 9.13. The maximum Gasteiger partial charge on any atom is 0.289 e. The van der Waals surface area contributed by atoms with Crippen molar-refractivity contribution in [2.45, 2.75) is 0 Å². The average Bonchev–Trinajstić information content (AvgIpc) is 2.42. The molecule has 0 aromatic heterocycles. The first-order valence-corrected chi connectivity index (χ1v) is 5.67. The van der Waals surface area contributed by atoms with Crippen LogP contribution in [0.2, 0.25) is 0 Å². The van der Waals surface area contributed by atoms with E-state index in [1.807, 2.05) is 0 Å². The fourth-order valence-corrected chi connectivity index (χ4v) is 1.65. The molecule has 0 saturated heterocycles. The molecule has 0 amide bonds. The van der Waals surface area contributed by atoms with E-state index in [-0.39, 0.29) is 17.9 Å². The van der Waals surface area contributed by atoms with Crippen LogP contribution in [0.15, 0.2) is 18.2 Å². The maximum atomic E-state index is 10.9. The van der Waals surface area contributed by atoms with Gasteiger partial charge in [0.2, 0.25) is 0 Å². The number of anilines is 1. The van der Waals surface area contributed by atoms with Crippen molar-refractivity contribution in [1.29, 1.82) is 5.26 Å². The van der Waals surface area contributed by atoms with Crippen LogP contribution >= 0.6 is 0 Å². The van der Waals surface area contributed by atoms with Gasteiger partial charge in [-0.2, -0.15) is 5.26 Å². The summed E-state index contributed by atoms with van der Waals surface area (Å²) in [6.45, 7) is 1.21. The number of hydrogen-bond donors (Lipinski definition) is 1. The van der Waals surface area contributed by atoms with E-state index in [2.05, 4.69) is 0 Å². The number of methoxy groups -OCH3 is 1. The monoisotopic (exact) mass is 265 g/mol. The van der Waals surface area contributed by atoms with Gasteiger partial charge in [-0.15, -0.1) is 0 Å². The predicted octanol–water partition coefficient (Wildman–Crippen LogP) is 0.912. The summed E-state index contributed by atoms with van der Waals surface area (Å²) in [7, 11) is 1.55. The van der Waals surface area contributed by atoms with Crippen LogP contribution in [0.3, 0.4) is 0 Å². The van der Waals surface area contributed by atoms with Crippen LogP contribution in [0.5, 0.6) is 0 Å². The highest BCUT2D eigenvalue weighted by molar-refractivity contribution is 5.60. The number of nitro benzene ring substituents is 1. The summed E-state index contributed by atoms with van der Waals surface area (Å²) in [6, 6.07) is 6.15. The lowest BCUT2D eigenvalue weighted by atomic mass is 10.1. The Kier molecular flexibility index (Phi) is 5.73. The fourth-order valence-electron chi connectivity index (χ4n) is 1.65. The number of nitriles is 1. The molecule has 1 N–H and O–H groups in total. The van der Waals surface area contributed by atoms with E-state index < -0.39 is 4.92 Å². The van der Waals surface area contributed by atoms with Gasteiger partial charge in [0, 0.05) is 32.0 Å². The van der Waals surface area contributed by atoms with Gasteiger partial charge in [0.25, 0.3) is 5.69 Å². The minimum absolute atomic E-state index is 0.0180. The van der Waals surface area contributed by atoms with Crippen LogP contribution in [0.25, 0.3) is 0 Å². The quantitative estimate of drug-likeness (QED) is 0.581. The smallest absolute Gasteiger partial charge is 0.289 e. The molecule has 0 unspecified atom stereocenters. The second kappa shape index (κ2) is 7.31. The van der Waals surface area contributed by atoms with Crippen molar-refractivity contribution in [2.75, 3.05) is 38.3 Å². The van der Waals surface area contributed by atoms with Crippen molar-refractivity contribution in [3.8, 4) is 6.07 Å². The molecule has 7 heteroatoms. The first kappa shape index (κ1) is 14.9. The van der Waals surface area contributed by atoms with Crippen LogP contribution in [-0.4, -0.2) is 43.4 Å². The standard InChI is InChI=1S/C12H15N3O4/c1-19-7-5-14(4-6-16)11-3-2-10(9-13)12(8-11)15(17)18/h2-3,8,16H,4-7H2,1H3. The summed E-state index contributed by atoms with van der Waals surface area (Å²) in [4.78, 5) is 12.1. The second-order valence-electron chi connectivity index (χ2n) is 3.77. The molecule has 0 aliphatic carbocycles. The van der Waals surface area contributed by atoms with E-state index in [4.69, 9.17) is 15.1 Å². The molecule has 19 heavy (non-hydrogen) atoms. The third kappa shape index (κ3) is 3.91. The highest BCUT2D eigenvalue weighted by atomic mass is 16.6. The Bertz CT molecular complexity index is 484. The van der Waals surface area contributed by atoms with Gasteiger partial charge in [0.15, 0.2) is 0 Å². The average molecular weight is 265 g/mol. The molecule has 0 bridgehead atoms. The van der Waals surface area contributed by atoms with Crippen molar-refractivity contribution in [1.82, 2.24) is 0 Å². The number of nitro groups is 1. The second-order valence-corrected chi connectivity index (χ2v) is 3.77. The Balaban J connectivity index is 3.07. The molecular formula is C12H15N3O4. The molecule has 0 radical (unpaired) electrons. The van der Waals surface area contributed by atoms with E-state index in [0.717, 1.165) is 0 Å². The summed E-state index contributed by atoms with van der Waals surface area (Å²) >= 11 is 0. The number of rotatable bonds is 7. The maximum absolute atomic E-state index is 10.9. The minimum Gasteiger partial charge on any atom is -0.395 e. The van der Waals surface area contributed by atoms with Crippen LogP contribution in [0.4, 0.5) is 11.4 Å². The molecule has 0 aliphatic rings. The molecule has 0 spiro atoms. The molecule has 7 nitrogen and oxygen atoms in total. The van der Waals surface area contributed by atoms with E-state index in [1.165, 1.54) is 12.1 Å². The zero-order chi connectivity index (χ0) is 14.3. The summed E-state index contributed by atoms with van der Waals surface area (Å²) in [5.41, 5.74) is 0.363. The zero-order valence-corrected chi connectivity index (χ0v) is 10.6. The van der Waals surface area contributed by atoms with E-state index >= 15 is 0 Å². The molecule has 0 heterocycles. The third-order valence-electron chi connectivity index (χ3n) is 2.60. The molecule has 0 saturated carbocycles. The van der Waals surface area contributed by atoms with Gasteiger partial charge in [0.1, 0.15) is 11.6 Å². The van der Waals surface area contributed by atoms with Crippen molar-refractivity contribution >= 4 is 11.4 Å². The van der Waals surface area contributed by atoms with Crippen molar-refractivity contribution < 1.29 is 14.8 Å². The molecule has 1 aromatic carbocycles. The minimum atomic E-state index is -0.588. The topological polar surface area (TPSA) is 99.6 Å². The number of hydrogen-bond acceptors (Lipinski definition) is 6. The fraction of sp³-hybridized carbons (Fsp3) is 0.417. The van der Waals surface area contributed by atoms with Crippen LogP contribution in [-0.2, 0) is 4.74 Å². The van der Waals surface area contributed by atoms with Gasteiger partial charge in [-0.3, -0.25) is 10.1 Å². The molecule has 0 fully saturated rings. The summed E-state index contributed by atoms with van der Waals surface area (Å²) in [6.07, 6.45) is 0. The lowest BCUT2D eigenvalue weighted by Gasteiger charge is -2.23. The Hall–Kier alpha value is -2.17. The summed E-state index contributed by atoms with van der Waals surface area (Å²) in [5, 5.41) is 28.7. The van der Waals surface area contributed by atoms with E-state index in [0.29, 0.717) is 25.4 Å². The number of benzene rings is 1. The highest BCUT2D eigenvalue weighted by Gasteiger charge is 2.16. The molecular weight excluding hydrogens is 250 g/mol. The molecule has 1 rings (SSSR count). The Morgan fingerprint density at radius 1 is 1.53 bits per heavy atom. The lowest BCUT2D eigenvalue weighted by molar-refractivity contribution is -0.385. The van der Waals surface area contributed by atoms with Gasteiger partial charge in [0.05, 0.1) is 18.1 Å². The molecule has 0 aliphatic heterocycles. The molecule has 0 atom stereocenters. The molecule has 1 aromatic rings. The van der Waals surface area contributed by atoms with Crippen molar-refractivity contribution in [3.63, 3.8) is 0 Å². The van der Waals surface area contributed by atoms with Gasteiger partial charge in [-0.05, 0) is 12.1 Å². The van der Waals surface area contributed by atoms with Crippen LogP contribution < -0.4 is 4.90 Å². The Morgan fingerprint density at radius 3 is 2.79 bits per heavy atom. The zero-order valence-electron chi connectivity index (χ0n) is 10.6. The van der Waals surface area contributed by atoms with E-state index in [9.17, 15) is 10.1 Å². The van der Waals surface area contributed by atoms with Crippen molar-refractivity contribution in [2.24, 2.45) is 0 Å². The first-order valence-electron chi connectivity index (χ1n) is 5.67. The van der Waals surface area contributed by atoms with E-state index in [1.54, 1.807) is 24.1 Å². The van der Waals surface area contributed by atoms with Gasteiger partial charge in [-0.25, -0.2) is 0 Å².